The summed E-state index contributed by atoms with van der Waals surface area (Å²) in [7, 11) is 0. The second kappa shape index (κ2) is 7.51. The average Bonchev–Trinajstić information content (AvgIpc) is 3.02. The molecule has 4 rings (SSSR count). The molecule has 0 aromatic heterocycles. The zero-order valence-electron chi connectivity index (χ0n) is 16.0. The van der Waals surface area contributed by atoms with Crippen molar-refractivity contribution in [3.05, 3.63) is 83.2 Å². The molecular weight excluding hydrogens is 369 g/mol. The third kappa shape index (κ3) is 3.51. The van der Waals surface area contributed by atoms with Gasteiger partial charge in [0.15, 0.2) is 0 Å². The summed E-state index contributed by atoms with van der Waals surface area (Å²) in [5.74, 6) is -1.32. The maximum Gasteiger partial charge on any atom is 0.305 e. The first kappa shape index (κ1) is 18.9. The van der Waals surface area contributed by atoms with Crippen molar-refractivity contribution in [3.63, 3.8) is 0 Å². The normalized spacial score (nSPS) is 12.9. The summed E-state index contributed by atoms with van der Waals surface area (Å²) >= 11 is 0. The van der Waals surface area contributed by atoms with E-state index in [1.807, 2.05) is 43.3 Å². The fourth-order valence-corrected chi connectivity index (χ4v) is 3.88. The third-order valence-electron chi connectivity index (χ3n) is 5.39. The maximum absolute atomic E-state index is 14.3. The molecule has 0 bridgehead atoms. The van der Waals surface area contributed by atoms with Gasteiger partial charge in [0, 0.05) is 24.2 Å². The first-order valence-corrected chi connectivity index (χ1v) is 9.44. The molecule has 1 heterocycles. The Morgan fingerprint density at radius 3 is 2.48 bits per heavy atom. The second-order valence-electron chi connectivity index (χ2n) is 7.20. The number of carboxylic acid groups (broad SMARTS) is 1. The van der Waals surface area contributed by atoms with Crippen LogP contribution < -0.4 is 0 Å². The molecule has 0 radical (unpaired) electrons. The maximum atomic E-state index is 14.3. The van der Waals surface area contributed by atoms with Gasteiger partial charge in [0.1, 0.15) is 5.82 Å². The van der Waals surface area contributed by atoms with Crippen molar-refractivity contribution in [1.82, 2.24) is 4.90 Å². The predicted molar refractivity (Wildman–Crippen MR) is 109 cm³/mol. The molecule has 1 aliphatic heterocycles. The number of halogens is 1. The number of fused-ring (bicyclic) bond motifs is 1. The average molecular weight is 389 g/mol. The molecule has 1 N–H and O–H groups in total. The SMILES string of the molecule is Cc1c(-c2ccc3c(c2)CN(CCC(=O)O)C3=O)cccc1-c1ccccc1F. The molecule has 1 amide bonds. The van der Waals surface area contributed by atoms with Gasteiger partial charge < -0.3 is 10.0 Å². The molecule has 4 nitrogen and oxygen atoms in total. The van der Waals surface area contributed by atoms with Crippen molar-refractivity contribution in [2.45, 2.75) is 19.9 Å². The Bertz CT molecular complexity index is 1120. The van der Waals surface area contributed by atoms with E-state index in [0.29, 0.717) is 17.7 Å². The van der Waals surface area contributed by atoms with E-state index in [2.05, 4.69) is 0 Å². The number of rotatable bonds is 5. The van der Waals surface area contributed by atoms with E-state index in [1.165, 1.54) is 6.07 Å². The van der Waals surface area contributed by atoms with Crippen LogP contribution in [0.4, 0.5) is 4.39 Å². The minimum atomic E-state index is -0.921. The lowest BCUT2D eigenvalue weighted by atomic mass is 9.91. The minimum Gasteiger partial charge on any atom is -0.481 e. The lowest BCUT2D eigenvalue weighted by Gasteiger charge is -2.14. The van der Waals surface area contributed by atoms with Crippen LogP contribution >= 0.6 is 0 Å². The zero-order chi connectivity index (χ0) is 20.5. The molecule has 0 aliphatic carbocycles. The molecule has 3 aromatic carbocycles. The van der Waals surface area contributed by atoms with Crippen molar-refractivity contribution >= 4 is 11.9 Å². The second-order valence-corrected chi connectivity index (χ2v) is 7.20. The molecule has 29 heavy (non-hydrogen) atoms. The topological polar surface area (TPSA) is 57.6 Å². The van der Waals surface area contributed by atoms with E-state index in [4.69, 9.17) is 5.11 Å². The summed E-state index contributed by atoms with van der Waals surface area (Å²) in [6.45, 7) is 2.57. The van der Waals surface area contributed by atoms with Gasteiger partial charge in [-0.05, 0) is 52.9 Å². The van der Waals surface area contributed by atoms with Crippen molar-refractivity contribution in [1.29, 1.82) is 0 Å². The van der Waals surface area contributed by atoms with Gasteiger partial charge in [-0.3, -0.25) is 9.59 Å². The van der Waals surface area contributed by atoms with E-state index in [1.54, 1.807) is 23.1 Å². The molecular formula is C24H20FNO3. The number of benzene rings is 3. The predicted octanol–water partition coefficient (Wildman–Crippen LogP) is 4.90. The summed E-state index contributed by atoms with van der Waals surface area (Å²) in [5.41, 5.74) is 5.78. The van der Waals surface area contributed by atoms with E-state index in [0.717, 1.165) is 27.8 Å². The van der Waals surface area contributed by atoms with Gasteiger partial charge in [-0.2, -0.15) is 0 Å². The largest absolute Gasteiger partial charge is 0.481 e. The van der Waals surface area contributed by atoms with E-state index in [9.17, 15) is 14.0 Å². The summed E-state index contributed by atoms with van der Waals surface area (Å²) in [4.78, 5) is 24.9. The van der Waals surface area contributed by atoms with Crippen molar-refractivity contribution in [2.75, 3.05) is 6.54 Å². The molecule has 0 fully saturated rings. The standard InChI is InChI=1S/C24H20FNO3/c1-15-18(6-4-7-19(15)21-5-2-3-8-22(21)25)16-9-10-20-17(13-16)14-26(24(20)29)12-11-23(27)28/h2-10,13H,11-12,14H2,1H3,(H,27,28). The summed E-state index contributed by atoms with van der Waals surface area (Å²) in [6, 6.07) is 18.2. The first-order chi connectivity index (χ1) is 14.0. The van der Waals surface area contributed by atoms with Gasteiger partial charge in [0.25, 0.3) is 5.91 Å². The lowest BCUT2D eigenvalue weighted by Crippen LogP contribution is -2.26. The number of aliphatic carboxylic acids is 1. The Morgan fingerprint density at radius 2 is 1.72 bits per heavy atom. The Hall–Kier alpha value is -3.47. The summed E-state index contributed by atoms with van der Waals surface area (Å²) < 4.78 is 14.3. The van der Waals surface area contributed by atoms with Crippen LogP contribution in [0.5, 0.6) is 0 Å². The third-order valence-corrected chi connectivity index (χ3v) is 5.39. The minimum absolute atomic E-state index is 0.0730. The highest BCUT2D eigenvalue weighted by Crippen LogP contribution is 2.35. The van der Waals surface area contributed by atoms with E-state index >= 15 is 0 Å². The van der Waals surface area contributed by atoms with Crippen molar-refractivity contribution in [2.24, 2.45) is 0 Å². The number of amides is 1. The fraction of sp³-hybridized carbons (Fsp3) is 0.167. The van der Waals surface area contributed by atoms with Gasteiger partial charge in [0.05, 0.1) is 6.42 Å². The van der Waals surface area contributed by atoms with Crippen LogP contribution in [0.1, 0.15) is 27.9 Å². The molecule has 5 heteroatoms. The quantitative estimate of drug-likeness (QED) is 0.675. The first-order valence-electron chi connectivity index (χ1n) is 9.44. The molecule has 3 aromatic rings. The molecule has 0 spiro atoms. The molecule has 0 saturated carbocycles. The van der Waals surface area contributed by atoms with Gasteiger partial charge in [-0.1, -0.05) is 42.5 Å². The molecule has 146 valence electrons. The molecule has 1 aliphatic rings. The number of carbonyl (C=O) groups is 2. The van der Waals surface area contributed by atoms with Crippen molar-refractivity contribution < 1.29 is 19.1 Å². The smallest absolute Gasteiger partial charge is 0.305 e. The van der Waals surface area contributed by atoms with Crippen LogP contribution in [0.15, 0.2) is 60.7 Å². The van der Waals surface area contributed by atoms with E-state index in [-0.39, 0.29) is 24.7 Å². The fourth-order valence-electron chi connectivity index (χ4n) is 3.88. The van der Waals surface area contributed by atoms with Gasteiger partial charge in [-0.15, -0.1) is 0 Å². The summed E-state index contributed by atoms with van der Waals surface area (Å²) in [5, 5.41) is 8.88. The molecule has 0 atom stereocenters. The van der Waals surface area contributed by atoms with E-state index < -0.39 is 5.97 Å². The van der Waals surface area contributed by atoms with Crippen LogP contribution in [0.2, 0.25) is 0 Å². The number of carboxylic acids is 1. The van der Waals surface area contributed by atoms with Crippen LogP contribution in [-0.4, -0.2) is 28.4 Å². The number of nitrogens with zero attached hydrogens (tertiary/aromatic N) is 1. The van der Waals surface area contributed by atoms with Crippen LogP contribution in [0, 0.1) is 12.7 Å². The van der Waals surface area contributed by atoms with Crippen LogP contribution in [-0.2, 0) is 11.3 Å². The highest BCUT2D eigenvalue weighted by Gasteiger charge is 2.27. The lowest BCUT2D eigenvalue weighted by molar-refractivity contribution is -0.137. The number of hydrogen-bond acceptors (Lipinski definition) is 2. The van der Waals surface area contributed by atoms with Gasteiger partial charge in [0.2, 0.25) is 0 Å². The Morgan fingerprint density at radius 1 is 1.00 bits per heavy atom. The molecule has 0 unspecified atom stereocenters. The number of carbonyl (C=O) groups excluding carboxylic acids is 1. The molecule has 0 saturated heterocycles. The van der Waals surface area contributed by atoms with Gasteiger partial charge >= 0.3 is 5.97 Å². The zero-order valence-corrected chi connectivity index (χ0v) is 16.0. The number of hydrogen-bond donors (Lipinski definition) is 1. The Labute approximate surface area is 168 Å². The highest BCUT2D eigenvalue weighted by atomic mass is 19.1. The Balaban J connectivity index is 1.69. The summed E-state index contributed by atoms with van der Waals surface area (Å²) in [6.07, 6.45) is -0.0730. The highest BCUT2D eigenvalue weighted by molar-refractivity contribution is 5.99. The van der Waals surface area contributed by atoms with Crippen LogP contribution in [0.25, 0.3) is 22.3 Å². The van der Waals surface area contributed by atoms with Crippen LogP contribution in [0.3, 0.4) is 0 Å². The van der Waals surface area contributed by atoms with Crippen molar-refractivity contribution in [3.8, 4) is 22.3 Å². The monoisotopic (exact) mass is 389 g/mol. The Kier molecular flexibility index (Phi) is 4.89. The van der Waals surface area contributed by atoms with Gasteiger partial charge in [-0.25, -0.2) is 4.39 Å².